The van der Waals surface area contributed by atoms with Crippen molar-refractivity contribution < 1.29 is 28.5 Å². The van der Waals surface area contributed by atoms with Crippen molar-refractivity contribution in [2.75, 3.05) is 21.3 Å². The van der Waals surface area contributed by atoms with Gasteiger partial charge in [-0.2, -0.15) is 0 Å². The van der Waals surface area contributed by atoms with Crippen molar-refractivity contribution in [1.29, 1.82) is 0 Å². The number of carbonyl (C=O) groups is 2. The van der Waals surface area contributed by atoms with Gasteiger partial charge in [-0.25, -0.2) is 0 Å². The Morgan fingerprint density at radius 2 is 1.76 bits per heavy atom. The topological polar surface area (TPSA) is 83.4 Å². The molecule has 2 aliphatic carbocycles. The minimum atomic E-state index is -0.728. The van der Waals surface area contributed by atoms with Crippen LogP contribution < -0.4 is 14.2 Å². The highest BCUT2D eigenvalue weighted by Gasteiger charge is 2.47. The average Bonchev–Trinajstić information content (AvgIpc) is 3.61. The monoisotopic (exact) mass is 523 g/mol. The van der Waals surface area contributed by atoms with Crippen LogP contribution in [-0.4, -0.2) is 44.9 Å². The molecule has 0 saturated heterocycles. The molecule has 37 heavy (non-hydrogen) atoms. The number of hydrogen-bond donors (Lipinski definition) is 0. The lowest BCUT2D eigenvalue weighted by Crippen LogP contribution is -2.39. The quantitative estimate of drug-likeness (QED) is 0.424. The summed E-state index contributed by atoms with van der Waals surface area (Å²) in [7, 11) is 4.67. The smallest absolute Gasteiger partial charge is 0.315 e. The van der Waals surface area contributed by atoms with E-state index in [1.54, 1.807) is 38.7 Å². The summed E-state index contributed by atoms with van der Waals surface area (Å²) < 4.78 is 23.0. The Hall–Kier alpha value is -3.13. The van der Waals surface area contributed by atoms with Crippen LogP contribution in [0.4, 0.5) is 0 Å². The predicted octanol–water partition coefficient (Wildman–Crippen LogP) is 5.83. The number of esters is 1. The van der Waals surface area contributed by atoms with Gasteiger partial charge >= 0.3 is 5.97 Å². The van der Waals surface area contributed by atoms with Crippen molar-refractivity contribution >= 4 is 28.8 Å². The zero-order valence-corrected chi connectivity index (χ0v) is 22.6. The lowest BCUT2D eigenvalue weighted by Gasteiger charge is -2.37. The second-order valence-electron chi connectivity index (χ2n) is 9.88. The van der Waals surface area contributed by atoms with Gasteiger partial charge in [0.25, 0.3) is 0 Å². The average molecular weight is 524 g/mol. The maximum atomic E-state index is 13.8. The van der Waals surface area contributed by atoms with Crippen LogP contribution in [0.1, 0.15) is 67.7 Å². The van der Waals surface area contributed by atoms with E-state index in [1.165, 1.54) is 4.88 Å². The number of benzene rings is 1. The van der Waals surface area contributed by atoms with E-state index in [4.69, 9.17) is 23.9 Å². The van der Waals surface area contributed by atoms with Gasteiger partial charge in [-0.05, 0) is 56.5 Å². The normalized spacial score (nSPS) is 23.9. The molecule has 0 spiro atoms. The molecule has 1 fully saturated rings. The van der Waals surface area contributed by atoms with Gasteiger partial charge in [0.1, 0.15) is 12.0 Å². The summed E-state index contributed by atoms with van der Waals surface area (Å²) in [4.78, 5) is 33.6. The zero-order chi connectivity index (χ0) is 26.1. The number of thiophene rings is 1. The van der Waals surface area contributed by atoms with Gasteiger partial charge in [-0.3, -0.25) is 14.6 Å². The Labute approximate surface area is 221 Å². The van der Waals surface area contributed by atoms with Crippen molar-refractivity contribution in [3.05, 3.63) is 51.4 Å². The predicted molar refractivity (Wildman–Crippen MR) is 142 cm³/mol. The number of ketones is 1. The Kier molecular flexibility index (Phi) is 7.38. The number of ether oxygens (including phenoxy) is 4. The number of hydrogen-bond acceptors (Lipinski definition) is 8. The number of nitrogens with zero attached hydrogens (tertiary/aromatic N) is 1. The van der Waals surface area contributed by atoms with Gasteiger partial charge in [0.05, 0.1) is 21.3 Å². The minimum Gasteiger partial charge on any atom is -0.493 e. The maximum absolute atomic E-state index is 13.8. The summed E-state index contributed by atoms with van der Waals surface area (Å²) in [5, 5.41) is 2.03. The summed E-state index contributed by atoms with van der Waals surface area (Å²) in [6, 6.07) is 7.74. The number of aliphatic imine (C=N–C) groups is 1. The number of Topliss-reactive ketones (excluding diaryl/α,β-unsaturated/α-hetero) is 1. The molecule has 3 atom stereocenters. The third-order valence-electron chi connectivity index (χ3n) is 7.74. The molecule has 3 aliphatic rings. The molecule has 0 bridgehead atoms. The van der Waals surface area contributed by atoms with Crippen molar-refractivity contribution in [2.24, 2.45) is 10.9 Å². The van der Waals surface area contributed by atoms with Crippen LogP contribution in [0.2, 0.25) is 0 Å². The standard InChI is InChI=1S/C29H33NO6S/c1-16-24(29(32)36-18-8-5-6-9-18)25(19-11-12-22(33-2)28(35-4)27(19)34-3)26-20(30-16)14-17(15-21(26)31)23-10-7-13-37-23/h7,10-13,17-18,24-25H,5-6,8-9,14-15H2,1-4H3. The molecule has 7 nitrogen and oxygen atoms in total. The molecule has 3 unspecified atom stereocenters. The van der Waals surface area contributed by atoms with E-state index in [0.29, 0.717) is 46.9 Å². The highest BCUT2D eigenvalue weighted by atomic mass is 32.1. The molecule has 196 valence electrons. The fraction of sp³-hybridized carbons (Fsp3) is 0.483. The third-order valence-corrected chi connectivity index (χ3v) is 8.78. The van der Waals surface area contributed by atoms with E-state index in [9.17, 15) is 9.59 Å². The summed E-state index contributed by atoms with van der Waals surface area (Å²) in [6.45, 7) is 1.86. The van der Waals surface area contributed by atoms with E-state index < -0.39 is 11.8 Å². The van der Waals surface area contributed by atoms with Gasteiger partial charge < -0.3 is 18.9 Å². The second-order valence-corrected chi connectivity index (χ2v) is 10.9. The first kappa shape index (κ1) is 25.5. The molecule has 1 aromatic carbocycles. The molecule has 8 heteroatoms. The van der Waals surface area contributed by atoms with Crippen molar-refractivity contribution in [3.63, 3.8) is 0 Å². The first-order valence-corrected chi connectivity index (χ1v) is 13.7. The van der Waals surface area contributed by atoms with E-state index in [1.807, 2.05) is 24.4 Å². The summed E-state index contributed by atoms with van der Waals surface area (Å²) >= 11 is 1.66. The van der Waals surface area contributed by atoms with Crippen molar-refractivity contribution in [1.82, 2.24) is 0 Å². The van der Waals surface area contributed by atoms with Crippen LogP contribution in [0.15, 0.2) is 45.9 Å². The first-order valence-electron chi connectivity index (χ1n) is 12.8. The molecule has 2 aromatic rings. The Morgan fingerprint density at radius 1 is 1.00 bits per heavy atom. The van der Waals surface area contributed by atoms with E-state index in [0.717, 1.165) is 31.4 Å². The SMILES string of the molecule is COc1ccc(C2C3=C(CC(c4cccs4)CC3=O)N=C(C)C2C(=O)OC2CCCC2)c(OC)c1OC. The number of allylic oxidation sites excluding steroid dienone is 2. The van der Waals surface area contributed by atoms with Gasteiger partial charge in [0.2, 0.25) is 5.75 Å². The Morgan fingerprint density at radius 3 is 2.41 bits per heavy atom. The van der Waals surface area contributed by atoms with Gasteiger partial charge in [-0.15, -0.1) is 11.3 Å². The lowest BCUT2D eigenvalue weighted by atomic mass is 9.69. The highest BCUT2D eigenvalue weighted by Crippen LogP contribution is 2.52. The maximum Gasteiger partial charge on any atom is 0.315 e. The van der Waals surface area contributed by atoms with Gasteiger partial charge in [0.15, 0.2) is 17.3 Å². The molecule has 2 heterocycles. The van der Waals surface area contributed by atoms with E-state index in [2.05, 4.69) is 6.07 Å². The van der Waals surface area contributed by atoms with Gasteiger partial charge in [-0.1, -0.05) is 12.1 Å². The summed E-state index contributed by atoms with van der Waals surface area (Å²) in [5.41, 5.74) is 2.68. The molecule has 5 rings (SSSR count). The van der Waals surface area contributed by atoms with E-state index in [-0.39, 0.29) is 23.8 Å². The first-order chi connectivity index (χ1) is 18.0. The second kappa shape index (κ2) is 10.7. The molecule has 1 aliphatic heterocycles. The van der Waals surface area contributed by atoms with Gasteiger partial charge in [0, 0.05) is 45.7 Å². The van der Waals surface area contributed by atoms with Crippen molar-refractivity contribution in [3.8, 4) is 17.2 Å². The molecule has 0 radical (unpaired) electrons. The van der Waals surface area contributed by atoms with Crippen molar-refractivity contribution in [2.45, 2.75) is 63.4 Å². The van der Waals surface area contributed by atoms with Crippen LogP contribution in [0, 0.1) is 5.92 Å². The van der Waals surface area contributed by atoms with Crippen LogP contribution in [0.5, 0.6) is 17.2 Å². The van der Waals surface area contributed by atoms with Crippen LogP contribution in [0.3, 0.4) is 0 Å². The van der Waals surface area contributed by atoms with Crippen LogP contribution >= 0.6 is 11.3 Å². The molecule has 0 amide bonds. The lowest BCUT2D eigenvalue weighted by molar-refractivity contribution is -0.151. The summed E-state index contributed by atoms with van der Waals surface area (Å²) in [6.07, 6.45) is 4.79. The fourth-order valence-electron chi connectivity index (χ4n) is 6.04. The Balaban J connectivity index is 1.64. The van der Waals surface area contributed by atoms with Crippen LogP contribution in [0.25, 0.3) is 0 Å². The highest BCUT2D eigenvalue weighted by molar-refractivity contribution is 7.10. The third kappa shape index (κ3) is 4.67. The number of rotatable bonds is 7. The molecule has 0 N–H and O–H groups in total. The summed E-state index contributed by atoms with van der Waals surface area (Å²) in [5.74, 6) is -0.186. The Bertz CT molecular complexity index is 1240. The molecular weight excluding hydrogens is 490 g/mol. The zero-order valence-electron chi connectivity index (χ0n) is 21.7. The number of methoxy groups -OCH3 is 3. The van der Waals surface area contributed by atoms with E-state index >= 15 is 0 Å². The fourth-order valence-corrected chi connectivity index (χ4v) is 6.87. The largest absolute Gasteiger partial charge is 0.493 e. The minimum absolute atomic E-state index is 0.0106. The number of carbonyl (C=O) groups excluding carboxylic acids is 2. The molecule has 1 aromatic heterocycles. The van der Waals surface area contributed by atoms with Crippen LogP contribution in [-0.2, 0) is 14.3 Å². The molecular formula is C29H33NO6S. The molecule has 1 saturated carbocycles.